The first-order chi connectivity index (χ1) is 13.0. The number of methoxy groups -OCH3 is 2. The molecule has 0 spiro atoms. The molecule has 1 saturated heterocycles. The molecule has 3 rings (SSSR count). The van der Waals surface area contributed by atoms with Crippen molar-refractivity contribution in [1.29, 1.82) is 0 Å². The summed E-state index contributed by atoms with van der Waals surface area (Å²) in [6, 6.07) is 5.61. The number of piperidine rings is 1. The molecule has 1 aliphatic rings. The Morgan fingerprint density at radius 3 is 2.67 bits per heavy atom. The van der Waals surface area contributed by atoms with Crippen LogP contribution in [-0.2, 0) is 4.79 Å². The van der Waals surface area contributed by atoms with Gasteiger partial charge in [0.1, 0.15) is 11.5 Å². The summed E-state index contributed by atoms with van der Waals surface area (Å²) in [7, 11) is 3.24. The lowest BCUT2D eigenvalue weighted by Gasteiger charge is -2.34. The van der Waals surface area contributed by atoms with Gasteiger partial charge in [-0.05, 0) is 30.4 Å². The van der Waals surface area contributed by atoms with E-state index in [1.165, 1.54) is 17.8 Å². The predicted octanol–water partition coefficient (Wildman–Crippen LogP) is 3.74. The van der Waals surface area contributed by atoms with E-state index >= 15 is 0 Å². The van der Waals surface area contributed by atoms with Gasteiger partial charge in [0.25, 0.3) is 0 Å². The third-order valence-electron chi connectivity index (χ3n) is 4.75. The van der Waals surface area contributed by atoms with E-state index in [1.807, 2.05) is 23.6 Å². The Morgan fingerprint density at radius 2 is 2.00 bits per heavy atom. The largest absolute Gasteiger partial charge is 0.497 e. The molecule has 1 aromatic heterocycles. The molecule has 0 saturated carbocycles. The van der Waals surface area contributed by atoms with Gasteiger partial charge >= 0.3 is 0 Å². The normalized spacial score (nSPS) is 20.3. The van der Waals surface area contributed by atoms with Crippen molar-refractivity contribution < 1.29 is 14.3 Å². The highest BCUT2D eigenvalue weighted by Crippen LogP contribution is 2.34. The number of thiazole rings is 1. The second-order valence-corrected chi connectivity index (χ2v) is 8.15. The van der Waals surface area contributed by atoms with E-state index in [-0.39, 0.29) is 5.91 Å². The highest BCUT2D eigenvalue weighted by Gasteiger charge is 2.23. The van der Waals surface area contributed by atoms with Crippen LogP contribution in [0.4, 0.5) is 5.13 Å². The average Bonchev–Trinajstić information content (AvgIpc) is 3.08. The number of rotatable bonds is 6. The standard InChI is InChI=1S/C20H27N3O3S/c1-13-7-14(2)10-23(9-13)11-19(24)22-20-21-17(12-27-20)16-6-5-15(25-3)8-18(16)26-4/h5-6,8,12-14H,7,9-11H2,1-4H3,(H,21,22,24)/t13-,14-/m1/s1. The molecule has 2 aromatic rings. The van der Waals surface area contributed by atoms with Crippen LogP contribution in [0.3, 0.4) is 0 Å². The van der Waals surface area contributed by atoms with Crippen LogP contribution in [-0.4, -0.2) is 49.6 Å². The van der Waals surface area contributed by atoms with E-state index in [0.29, 0.717) is 29.3 Å². The smallest absolute Gasteiger partial charge is 0.240 e. The molecular weight excluding hydrogens is 362 g/mol. The van der Waals surface area contributed by atoms with Crippen LogP contribution in [0.15, 0.2) is 23.6 Å². The fraction of sp³-hybridized carbons (Fsp3) is 0.500. The van der Waals surface area contributed by atoms with Crippen molar-refractivity contribution in [2.24, 2.45) is 11.8 Å². The molecule has 1 N–H and O–H groups in total. The second-order valence-electron chi connectivity index (χ2n) is 7.29. The van der Waals surface area contributed by atoms with Crippen LogP contribution in [0.5, 0.6) is 11.5 Å². The number of anilines is 1. The van der Waals surface area contributed by atoms with E-state index < -0.39 is 0 Å². The summed E-state index contributed by atoms with van der Waals surface area (Å²) in [5.41, 5.74) is 1.64. The molecule has 6 nitrogen and oxygen atoms in total. The minimum atomic E-state index is -0.0149. The maximum absolute atomic E-state index is 12.4. The number of hydrogen-bond donors (Lipinski definition) is 1. The first kappa shape index (κ1) is 19.6. The van der Waals surface area contributed by atoms with Gasteiger partial charge in [-0.15, -0.1) is 11.3 Å². The summed E-state index contributed by atoms with van der Waals surface area (Å²) in [5.74, 6) is 2.67. The molecule has 0 unspecified atom stereocenters. The summed E-state index contributed by atoms with van der Waals surface area (Å²) in [6.45, 7) is 6.86. The van der Waals surface area contributed by atoms with Crippen LogP contribution in [0.2, 0.25) is 0 Å². The molecule has 146 valence electrons. The minimum absolute atomic E-state index is 0.0149. The molecule has 0 aliphatic carbocycles. The van der Waals surface area contributed by atoms with Gasteiger partial charge in [0.05, 0.1) is 26.5 Å². The van der Waals surface area contributed by atoms with Crippen molar-refractivity contribution in [3.8, 4) is 22.8 Å². The number of nitrogens with one attached hydrogen (secondary N) is 1. The number of carbonyl (C=O) groups excluding carboxylic acids is 1. The quantitative estimate of drug-likeness (QED) is 0.815. The van der Waals surface area contributed by atoms with Crippen molar-refractivity contribution in [2.75, 3.05) is 39.2 Å². The van der Waals surface area contributed by atoms with Gasteiger partial charge in [-0.2, -0.15) is 0 Å². The number of benzene rings is 1. The molecule has 1 aliphatic heterocycles. The second kappa shape index (κ2) is 8.71. The van der Waals surface area contributed by atoms with Crippen LogP contribution in [0.1, 0.15) is 20.3 Å². The lowest BCUT2D eigenvalue weighted by atomic mass is 9.92. The number of amides is 1. The highest BCUT2D eigenvalue weighted by molar-refractivity contribution is 7.14. The number of likely N-dealkylation sites (tertiary alicyclic amines) is 1. The number of carbonyl (C=O) groups is 1. The van der Waals surface area contributed by atoms with Crippen molar-refractivity contribution in [3.05, 3.63) is 23.6 Å². The lowest BCUT2D eigenvalue weighted by molar-refractivity contribution is -0.117. The number of ether oxygens (including phenoxy) is 2. The zero-order valence-electron chi connectivity index (χ0n) is 16.3. The first-order valence-corrected chi connectivity index (χ1v) is 10.1. The molecule has 1 aromatic carbocycles. The predicted molar refractivity (Wildman–Crippen MR) is 109 cm³/mol. The average molecular weight is 390 g/mol. The molecule has 1 fully saturated rings. The first-order valence-electron chi connectivity index (χ1n) is 9.18. The highest BCUT2D eigenvalue weighted by atomic mass is 32.1. The van der Waals surface area contributed by atoms with Crippen LogP contribution in [0, 0.1) is 11.8 Å². The third kappa shape index (κ3) is 4.99. The van der Waals surface area contributed by atoms with Crippen LogP contribution < -0.4 is 14.8 Å². The zero-order valence-corrected chi connectivity index (χ0v) is 17.1. The fourth-order valence-corrected chi connectivity index (χ4v) is 4.47. The number of aromatic nitrogens is 1. The summed E-state index contributed by atoms with van der Waals surface area (Å²) in [6.07, 6.45) is 1.23. The number of hydrogen-bond acceptors (Lipinski definition) is 6. The van der Waals surface area contributed by atoms with Gasteiger partial charge in [0, 0.05) is 30.1 Å². The monoisotopic (exact) mass is 389 g/mol. The Labute approximate surface area is 164 Å². The Bertz CT molecular complexity index is 783. The summed E-state index contributed by atoms with van der Waals surface area (Å²) < 4.78 is 10.7. The molecule has 0 bridgehead atoms. The molecule has 2 heterocycles. The lowest BCUT2D eigenvalue weighted by Crippen LogP contribution is -2.42. The summed E-state index contributed by atoms with van der Waals surface area (Å²) >= 11 is 1.42. The molecule has 0 radical (unpaired) electrons. The maximum Gasteiger partial charge on any atom is 0.240 e. The molecule has 1 amide bonds. The topological polar surface area (TPSA) is 63.7 Å². The molecule has 2 atom stereocenters. The van der Waals surface area contributed by atoms with Crippen LogP contribution >= 0.6 is 11.3 Å². The van der Waals surface area contributed by atoms with Gasteiger partial charge in [-0.3, -0.25) is 9.69 Å². The van der Waals surface area contributed by atoms with Crippen LogP contribution in [0.25, 0.3) is 11.3 Å². The van der Waals surface area contributed by atoms with Gasteiger partial charge in [-0.1, -0.05) is 13.8 Å². The zero-order chi connectivity index (χ0) is 19.4. The van der Waals surface area contributed by atoms with Crippen molar-refractivity contribution in [3.63, 3.8) is 0 Å². The molecular formula is C20H27N3O3S. The Morgan fingerprint density at radius 1 is 1.26 bits per heavy atom. The van der Waals surface area contributed by atoms with E-state index in [9.17, 15) is 4.79 Å². The third-order valence-corrected chi connectivity index (χ3v) is 5.50. The van der Waals surface area contributed by atoms with Gasteiger partial charge in [0.2, 0.25) is 5.91 Å². The van der Waals surface area contributed by atoms with Gasteiger partial charge in [0.15, 0.2) is 5.13 Å². The Hall–Kier alpha value is -2.12. The van der Waals surface area contributed by atoms with Crippen molar-refractivity contribution in [2.45, 2.75) is 20.3 Å². The van der Waals surface area contributed by atoms with Crippen molar-refractivity contribution >= 4 is 22.4 Å². The summed E-state index contributed by atoms with van der Waals surface area (Å²) in [5, 5.41) is 5.45. The SMILES string of the molecule is COc1ccc(-c2csc(NC(=O)CN3C[C@H](C)C[C@@H](C)C3)n2)c(OC)c1. The van der Waals surface area contributed by atoms with E-state index in [0.717, 1.165) is 30.1 Å². The van der Waals surface area contributed by atoms with Crippen molar-refractivity contribution in [1.82, 2.24) is 9.88 Å². The minimum Gasteiger partial charge on any atom is -0.497 e. The van der Waals surface area contributed by atoms with E-state index in [1.54, 1.807) is 14.2 Å². The molecule has 27 heavy (non-hydrogen) atoms. The molecule has 7 heteroatoms. The van der Waals surface area contributed by atoms with E-state index in [2.05, 4.69) is 29.0 Å². The maximum atomic E-state index is 12.4. The Kier molecular flexibility index (Phi) is 6.34. The number of nitrogens with zero attached hydrogens (tertiary/aromatic N) is 2. The van der Waals surface area contributed by atoms with Gasteiger partial charge < -0.3 is 14.8 Å². The van der Waals surface area contributed by atoms with Gasteiger partial charge in [-0.25, -0.2) is 4.98 Å². The fourth-order valence-electron chi connectivity index (χ4n) is 3.75. The summed E-state index contributed by atoms with van der Waals surface area (Å²) in [4.78, 5) is 19.2. The van der Waals surface area contributed by atoms with E-state index in [4.69, 9.17) is 9.47 Å². The Balaban J connectivity index is 1.65.